The van der Waals surface area contributed by atoms with Crippen LogP contribution in [0.4, 0.5) is 0 Å². The first kappa shape index (κ1) is 25.0. The molecule has 1 N–H and O–H groups in total. The fourth-order valence-corrected chi connectivity index (χ4v) is 5.48. The summed E-state index contributed by atoms with van der Waals surface area (Å²) < 4.78 is 17.1. The van der Waals surface area contributed by atoms with Gasteiger partial charge in [0.2, 0.25) is 0 Å². The molecule has 0 amide bonds. The zero-order valence-corrected chi connectivity index (χ0v) is 22.0. The highest BCUT2D eigenvalue weighted by Crippen LogP contribution is 2.49. The molecule has 7 heteroatoms. The second-order valence-electron chi connectivity index (χ2n) is 9.79. The van der Waals surface area contributed by atoms with Crippen LogP contribution in [0.25, 0.3) is 0 Å². The first-order chi connectivity index (χ1) is 16.6. The Kier molecular flexibility index (Phi) is 7.08. The third kappa shape index (κ3) is 5.15. The molecule has 1 aliphatic heterocycles. The van der Waals surface area contributed by atoms with Crippen LogP contribution in [0.15, 0.2) is 70.5 Å². The van der Waals surface area contributed by atoms with Gasteiger partial charge in [0.05, 0.1) is 18.7 Å². The molecule has 1 heterocycles. The van der Waals surface area contributed by atoms with Crippen molar-refractivity contribution >= 4 is 27.7 Å². The molecule has 2 unspecified atom stereocenters. The van der Waals surface area contributed by atoms with Crippen LogP contribution < -0.4 is 14.8 Å². The highest BCUT2D eigenvalue weighted by atomic mass is 79.9. The number of carbonyl (C=O) groups is 2. The van der Waals surface area contributed by atoms with Crippen LogP contribution in [-0.2, 0) is 20.9 Å². The topological polar surface area (TPSA) is 73.9 Å². The molecular weight excluding hydrogens is 510 g/mol. The third-order valence-electron chi connectivity index (χ3n) is 6.58. The largest absolute Gasteiger partial charge is 0.497 e. The molecule has 2 aliphatic rings. The van der Waals surface area contributed by atoms with E-state index in [0.717, 1.165) is 27.0 Å². The SMILES string of the molecule is C=C1NC2=C(C(=O)CC(C)(C)C2)C(c2ccc(OC)c(Br)c2)C1C(=O)OCc1ccc(OC)cc1. The Bertz CT molecular complexity index is 1200. The lowest BCUT2D eigenvalue weighted by Crippen LogP contribution is -2.43. The Hall–Kier alpha value is -3.06. The summed E-state index contributed by atoms with van der Waals surface area (Å²) in [4.78, 5) is 26.9. The van der Waals surface area contributed by atoms with Crippen LogP contribution >= 0.6 is 15.9 Å². The van der Waals surface area contributed by atoms with Crippen molar-refractivity contribution in [2.24, 2.45) is 11.3 Å². The second kappa shape index (κ2) is 9.90. The number of allylic oxidation sites excluding steroid dienone is 2. The van der Waals surface area contributed by atoms with Gasteiger partial charge < -0.3 is 19.5 Å². The number of halogens is 1. The number of hydrogen-bond donors (Lipinski definition) is 1. The molecule has 0 saturated heterocycles. The molecule has 0 aromatic heterocycles. The van der Waals surface area contributed by atoms with E-state index in [9.17, 15) is 9.59 Å². The fraction of sp³-hybridized carbons (Fsp3) is 0.357. The predicted molar refractivity (Wildman–Crippen MR) is 137 cm³/mol. The monoisotopic (exact) mass is 539 g/mol. The number of benzene rings is 2. The van der Waals surface area contributed by atoms with E-state index in [2.05, 4.69) is 41.7 Å². The van der Waals surface area contributed by atoms with Crippen molar-refractivity contribution in [3.05, 3.63) is 81.6 Å². The summed E-state index contributed by atoms with van der Waals surface area (Å²) in [6.07, 6.45) is 1.12. The first-order valence-corrected chi connectivity index (χ1v) is 12.3. The molecule has 2 aromatic rings. The smallest absolute Gasteiger partial charge is 0.316 e. The zero-order valence-electron chi connectivity index (χ0n) is 20.4. The molecule has 2 atom stereocenters. The van der Waals surface area contributed by atoms with Crippen LogP contribution in [0, 0.1) is 11.3 Å². The van der Waals surface area contributed by atoms with E-state index >= 15 is 0 Å². The highest BCUT2D eigenvalue weighted by molar-refractivity contribution is 9.10. The lowest BCUT2D eigenvalue weighted by molar-refractivity contribution is -0.149. The number of carbonyl (C=O) groups excluding carboxylic acids is 2. The third-order valence-corrected chi connectivity index (χ3v) is 7.20. The minimum Gasteiger partial charge on any atom is -0.497 e. The van der Waals surface area contributed by atoms with E-state index in [4.69, 9.17) is 14.2 Å². The van der Waals surface area contributed by atoms with Crippen molar-refractivity contribution < 1.29 is 23.8 Å². The summed E-state index contributed by atoms with van der Waals surface area (Å²) in [6, 6.07) is 13.0. The van der Waals surface area contributed by atoms with Crippen molar-refractivity contribution in [1.29, 1.82) is 0 Å². The molecule has 1 aliphatic carbocycles. The lowest BCUT2D eigenvalue weighted by Gasteiger charge is -2.42. The van der Waals surface area contributed by atoms with Crippen LogP contribution in [-0.4, -0.2) is 26.0 Å². The van der Waals surface area contributed by atoms with Gasteiger partial charge >= 0.3 is 5.97 Å². The molecular formula is C28H30BrNO5. The van der Waals surface area contributed by atoms with Crippen LogP contribution in [0.1, 0.15) is 43.7 Å². The lowest BCUT2D eigenvalue weighted by atomic mass is 9.66. The number of ketones is 1. The van der Waals surface area contributed by atoms with Gasteiger partial charge in [-0.15, -0.1) is 0 Å². The van der Waals surface area contributed by atoms with Gasteiger partial charge in [-0.1, -0.05) is 38.6 Å². The van der Waals surface area contributed by atoms with Crippen molar-refractivity contribution in [1.82, 2.24) is 5.32 Å². The zero-order chi connectivity index (χ0) is 25.3. The number of esters is 1. The molecule has 184 valence electrons. The molecule has 6 nitrogen and oxygen atoms in total. The molecule has 2 aromatic carbocycles. The molecule has 0 radical (unpaired) electrons. The number of Topliss-reactive ketones (excluding diaryl/α,β-unsaturated/α-hetero) is 1. The number of rotatable bonds is 6. The number of nitrogens with one attached hydrogen (secondary N) is 1. The Morgan fingerprint density at radius 1 is 1.11 bits per heavy atom. The van der Waals surface area contributed by atoms with Crippen LogP contribution in [0.3, 0.4) is 0 Å². The molecule has 0 saturated carbocycles. The number of ether oxygens (including phenoxy) is 3. The molecule has 0 fully saturated rings. The second-order valence-corrected chi connectivity index (χ2v) is 10.6. The van der Waals surface area contributed by atoms with E-state index in [0.29, 0.717) is 29.9 Å². The van der Waals surface area contributed by atoms with Gasteiger partial charge in [-0.05, 0) is 63.2 Å². The maximum Gasteiger partial charge on any atom is 0.316 e. The fourth-order valence-electron chi connectivity index (χ4n) is 4.93. The van der Waals surface area contributed by atoms with E-state index in [1.165, 1.54) is 0 Å². The summed E-state index contributed by atoms with van der Waals surface area (Å²) in [5.41, 5.74) is 3.51. The van der Waals surface area contributed by atoms with Gasteiger partial charge in [0.25, 0.3) is 0 Å². The Labute approximate surface area is 214 Å². The van der Waals surface area contributed by atoms with Gasteiger partial charge in [0.1, 0.15) is 24.0 Å². The quantitative estimate of drug-likeness (QED) is 0.476. The van der Waals surface area contributed by atoms with Gasteiger partial charge in [0.15, 0.2) is 5.78 Å². The van der Waals surface area contributed by atoms with Crippen LogP contribution in [0.5, 0.6) is 11.5 Å². The van der Waals surface area contributed by atoms with E-state index < -0.39 is 17.8 Å². The Morgan fingerprint density at radius 2 is 1.83 bits per heavy atom. The van der Waals surface area contributed by atoms with Crippen molar-refractivity contribution in [2.75, 3.05) is 14.2 Å². The maximum atomic E-state index is 13.5. The van der Waals surface area contributed by atoms with Crippen molar-refractivity contribution in [3.63, 3.8) is 0 Å². The summed E-state index contributed by atoms with van der Waals surface area (Å²) in [6.45, 7) is 8.44. The average molecular weight is 540 g/mol. The number of hydrogen-bond acceptors (Lipinski definition) is 6. The van der Waals surface area contributed by atoms with E-state index in [1.807, 2.05) is 42.5 Å². The van der Waals surface area contributed by atoms with Gasteiger partial charge in [0, 0.05) is 29.3 Å². The minimum atomic E-state index is -0.752. The first-order valence-electron chi connectivity index (χ1n) is 11.5. The van der Waals surface area contributed by atoms with Crippen molar-refractivity contribution in [3.8, 4) is 11.5 Å². The van der Waals surface area contributed by atoms with Gasteiger partial charge in [-0.2, -0.15) is 0 Å². The summed E-state index contributed by atoms with van der Waals surface area (Å²) in [5, 5.41) is 3.30. The Balaban J connectivity index is 1.70. The average Bonchev–Trinajstić information content (AvgIpc) is 2.81. The predicted octanol–water partition coefficient (Wildman–Crippen LogP) is 5.67. The summed E-state index contributed by atoms with van der Waals surface area (Å²) in [5.74, 6) is -0.246. The number of methoxy groups -OCH3 is 2. The minimum absolute atomic E-state index is 0.0427. The normalized spacial score (nSPS) is 21.2. The molecule has 35 heavy (non-hydrogen) atoms. The molecule has 4 rings (SSSR count). The Morgan fingerprint density at radius 3 is 2.46 bits per heavy atom. The highest BCUT2D eigenvalue weighted by Gasteiger charge is 2.46. The van der Waals surface area contributed by atoms with E-state index in [1.54, 1.807) is 14.2 Å². The summed E-state index contributed by atoms with van der Waals surface area (Å²) in [7, 11) is 3.20. The van der Waals surface area contributed by atoms with Crippen molar-refractivity contribution in [2.45, 2.75) is 39.2 Å². The van der Waals surface area contributed by atoms with Crippen LogP contribution in [0.2, 0.25) is 0 Å². The molecule has 0 bridgehead atoms. The van der Waals surface area contributed by atoms with Gasteiger partial charge in [-0.3, -0.25) is 9.59 Å². The molecule has 0 spiro atoms. The maximum absolute atomic E-state index is 13.5. The summed E-state index contributed by atoms with van der Waals surface area (Å²) >= 11 is 3.55. The standard InChI is InChI=1S/C28H30BrNO5/c1-16-24(27(32)35-15-17-6-9-19(33-4)10-7-17)25(18-8-11-23(34-5)20(29)12-18)26-21(30-16)13-28(2,3)14-22(26)31/h6-12,24-25,30H,1,13-15H2,2-5H3. The van der Waals surface area contributed by atoms with E-state index in [-0.39, 0.29) is 17.8 Å². The van der Waals surface area contributed by atoms with Gasteiger partial charge in [-0.25, -0.2) is 0 Å².